The van der Waals surface area contributed by atoms with E-state index >= 15 is 0 Å². The number of hydrogen-bond acceptors (Lipinski definition) is 2. The molecule has 3 nitrogen and oxygen atoms in total. The summed E-state index contributed by atoms with van der Waals surface area (Å²) >= 11 is 0. The third kappa shape index (κ3) is 2.05. The monoisotopic (exact) mass is 204 g/mol. The van der Waals surface area contributed by atoms with Crippen LogP contribution >= 0.6 is 0 Å². The first-order chi connectivity index (χ1) is 7.17. The van der Waals surface area contributed by atoms with Crippen LogP contribution in [0, 0.1) is 16.7 Å². The number of aliphatic hydroxyl groups is 1. The predicted octanol–water partition coefficient (Wildman–Crippen LogP) is 2.24. The molecule has 1 aromatic rings. The molecule has 1 heterocycles. The highest BCUT2D eigenvalue weighted by Gasteiger charge is 2.42. The molecule has 1 aromatic heterocycles. The smallest absolute Gasteiger partial charge is 0.0911 e. The van der Waals surface area contributed by atoms with E-state index in [0.29, 0.717) is 6.42 Å². The van der Waals surface area contributed by atoms with E-state index in [-0.39, 0.29) is 5.41 Å². The summed E-state index contributed by atoms with van der Waals surface area (Å²) < 4.78 is 2.08. The van der Waals surface area contributed by atoms with Gasteiger partial charge in [0, 0.05) is 30.3 Å². The molecule has 1 fully saturated rings. The van der Waals surface area contributed by atoms with Crippen molar-refractivity contribution in [2.75, 3.05) is 0 Å². The molecule has 80 valence electrons. The summed E-state index contributed by atoms with van der Waals surface area (Å²) in [5.41, 5.74) is 1.14. The largest absolute Gasteiger partial charge is 0.387 e. The summed E-state index contributed by atoms with van der Waals surface area (Å²) in [7, 11) is 0. The summed E-state index contributed by atoms with van der Waals surface area (Å²) in [5, 5.41) is 18.3. The second kappa shape index (κ2) is 3.71. The molecular formula is C12H16N2O. The highest BCUT2D eigenvalue weighted by atomic mass is 16.3. The SMILES string of the molecule is CC(O)c1cccn1CC1(CC#N)CC1. The first-order valence-electron chi connectivity index (χ1n) is 5.37. The first kappa shape index (κ1) is 10.3. The van der Waals surface area contributed by atoms with Gasteiger partial charge in [0.15, 0.2) is 0 Å². The lowest BCUT2D eigenvalue weighted by atomic mass is 10.0. The molecule has 1 atom stereocenters. The van der Waals surface area contributed by atoms with E-state index in [4.69, 9.17) is 5.26 Å². The van der Waals surface area contributed by atoms with Crippen molar-refractivity contribution in [3.63, 3.8) is 0 Å². The number of aromatic nitrogens is 1. The second-order valence-corrected chi connectivity index (χ2v) is 4.57. The van der Waals surface area contributed by atoms with Gasteiger partial charge < -0.3 is 9.67 Å². The lowest BCUT2D eigenvalue weighted by Crippen LogP contribution is -2.13. The lowest BCUT2D eigenvalue weighted by Gasteiger charge is -2.16. The molecule has 1 N–H and O–H groups in total. The van der Waals surface area contributed by atoms with Gasteiger partial charge in [-0.25, -0.2) is 0 Å². The maximum Gasteiger partial charge on any atom is 0.0911 e. The molecule has 0 radical (unpaired) electrons. The highest BCUT2D eigenvalue weighted by molar-refractivity contribution is 5.11. The van der Waals surface area contributed by atoms with Crippen molar-refractivity contribution in [1.82, 2.24) is 4.57 Å². The normalized spacial score (nSPS) is 19.5. The molecule has 2 rings (SSSR count). The van der Waals surface area contributed by atoms with Gasteiger partial charge in [-0.15, -0.1) is 0 Å². The molecule has 3 heteroatoms. The van der Waals surface area contributed by atoms with Gasteiger partial charge in [-0.2, -0.15) is 5.26 Å². The first-order valence-corrected chi connectivity index (χ1v) is 5.37. The molecule has 0 bridgehead atoms. The van der Waals surface area contributed by atoms with E-state index < -0.39 is 6.10 Å². The van der Waals surface area contributed by atoms with Crippen LogP contribution in [-0.4, -0.2) is 9.67 Å². The Bertz CT molecular complexity index is 383. The van der Waals surface area contributed by atoms with Gasteiger partial charge in [0.05, 0.1) is 12.2 Å². The van der Waals surface area contributed by atoms with Crippen LogP contribution in [0.2, 0.25) is 0 Å². The Balaban J connectivity index is 2.11. The zero-order valence-electron chi connectivity index (χ0n) is 8.98. The van der Waals surface area contributed by atoms with Gasteiger partial charge in [0.2, 0.25) is 0 Å². The van der Waals surface area contributed by atoms with Crippen molar-refractivity contribution < 1.29 is 5.11 Å². The van der Waals surface area contributed by atoms with Gasteiger partial charge in [-0.05, 0) is 31.9 Å². The van der Waals surface area contributed by atoms with Crippen LogP contribution in [0.3, 0.4) is 0 Å². The maximum atomic E-state index is 9.55. The third-order valence-electron chi connectivity index (χ3n) is 3.21. The molecule has 15 heavy (non-hydrogen) atoms. The van der Waals surface area contributed by atoms with Crippen molar-refractivity contribution in [2.24, 2.45) is 5.41 Å². The molecule has 0 aromatic carbocycles. The van der Waals surface area contributed by atoms with Crippen LogP contribution in [-0.2, 0) is 6.54 Å². The molecule has 1 aliphatic rings. The number of nitriles is 1. The molecule has 0 saturated heterocycles. The quantitative estimate of drug-likeness (QED) is 0.817. The van der Waals surface area contributed by atoms with E-state index in [9.17, 15) is 5.11 Å². The molecular weight excluding hydrogens is 188 g/mol. The van der Waals surface area contributed by atoms with Crippen molar-refractivity contribution in [3.05, 3.63) is 24.0 Å². The predicted molar refractivity (Wildman–Crippen MR) is 57.0 cm³/mol. The standard InChI is InChI=1S/C12H16N2O/c1-10(15)11-3-2-8-14(11)9-12(4-5-12)6-7-13/h2-3,8,10,15H,4-6,9H2,1H3. The zero-order valence-corrected chi connectivity index (χ0v) is 8.98. The topological polar surface area (TPSA) is 49.0 Å². The molecule has 1 unspecified atom stereocenters. The van der Waals surface area contributed by atoms with Gasteiger partial charge in [0.1, 0.15) is 0 Å². The van der Waals surface area contributed by atoms with Gasteiger partial charge in [-0.1, -0.05) is 0 Å². The minimum atomic E-state index is -0.433. The highest BCUT2D eigenvalue weighted by Crippen LogP contribution is 2.50. The Hall–Kier alpha value is -1.27. The van der Waals surface area contributed by atoms with Crippen LogP contribution in [0.25, 0.3) is 0 Å². The van der Waals surface area contributed by atoms with E-state index in [0.717, 1.165) is 25.1 Å². The maximum absolute atomic E-state index is 9.55. The van der Waals surface area contributed by atoms with E-state index in [1.165, 1.54) is 0 Å². The third-order valence-corrected chi connectivity index (χ3v) is 3.21. The fourth-order valence-electron chi connectivity index (χ4n) is 2.05. The molecule has 0 spiro atoms. The van der Waals surface area contributed by atoms with E-state index in [1.54, 1.807) is 6.92 Å². The van der Waals surface area contributed by atoms with Gasteiger partial charge in [-0.3, -0.25) is 0 Å². The Morgan fingerprint density at radius 3 is 2.93 bits per heavy atom. The fraction of sp³-hybridized carbons (Fsp3) is 0.583. The van der Waals surface area contributed by atoms with Crippen LogP contribution in [0.4, 0.5) is 0 Å². The summed E-state index contributed by atoms with van der Waals surface area (Å²) in [6.45, 7) is 2.64. The molecule has 1 saturated carbocycles. The minimum Gasteiger partial charge on any atom is -0.387 e. The van der Waals surface area contributed by atoms with Gasteiger partial charge in [0.25, 0.3) is 0 Å². The molecule has 1 aliphatic carbocycles. The van der Waals surface area contributed by atoms with Crippen molar-refractivity contribution in [3.8, 4) is 6.07 Å². The summed E-state index contributed by atoms with van der Waals surface area (Å²) in [6.07, 6.45) is 4.46. The minimum absolute atomic E-state index is 0.192. The average Bonchev–Trinajstić information content (AvgIpc) is 2.77. The second-order valence-electron chi connectivity index (χ2n) is 4.57. The Morgan fingerprint density at radius 1 is 1.67 bits per heavy atom. The van der Waals surface area contributed by atoms with Crippen LogP contribution in [0.1, 0.15) is 38.0 Å². The number of nitrogens with zero attached hydrogens (tertiary/aromatic N) is 2. The number of rotatable bonds is 4. The Labute approximate surface area is 90.0 Å². The Morgan fingerprint density at radius 2 is 2.40 bits per heavy atom. The van der Waals surface area contributed by atoms with Crippen LogP contribution in [0.5, 0.6) is 0 Å². The van der Waals surface area contributed by atoms with Crippen molar-refractivity contribution >= 4 is 0 Å². The average molecular weight is 204 g/mol. The fourth-order valence-corrected chi connectivity index (χ4v) is 2.05. The Kier molecular flexibility index (Phi) is 2.54. The molecule has 0 aliphatic heterocycles. The van der Waals surface area contributed by atoms with E-state index in [2.05, 4.69) is 10.6 Å². The zero-order chi connectivity index (χ0) is 10.9. The summed E-state index contributed by atoms with van der Waals surface area (Å²) in [5.74, 6) is 0. The molecule has 0 amide bonds. The van der Waals surface area contributed by atoms with Crippen LogP contribution < -0.4 is 0 Å². The number of aliphatic hydroxyl groups excluding tert-OH is 1. The summed E-state index contributed by atoms with van der Waals surface area (Å²) in [4.78, 5) is 0. The lowest BCUT2D eigenvalue weighted by molar-refractivity contribution is 0.186. The van der Waals surface area contributed by atoms with Crippen LogP contribution in [0.15, 0.2) is 18.3 Å². The van der Waals surface area contributed by atoms with E-state index in [1.807, 2.05) is 18.3 Å². The summed E-state index contributed by atoms with van der Waals surface area (Å²) in [6, 6.07) is 6.14. The van der Waals surface area contributed by atoms with Gasteiger partial charge >= 0.3 is 0 Å². The van der Waals surface area contributed by atoms with Crippen molar-refractivity contribution in [1.29, 1.82) is 5.26 Å². The van der Waals surface area contributed by atoms with Crippen molar-refractivity contribution in [2.45, 2.75) is 38.8 Å². The number of hydrogen-bond donors (Lipinski definition) is 1.